The summed E-state index contributed by atoms with van der Waals surface area (Å²) in [5.74, 6) is 0.553. The predicted molar refractivity (Wildman–Crippen MR) is 84.6 cm³/mol. The maximum Gasteiger partial charge on any atom is 0.412 e. The van der Waals surface area contributed by atoms with E-state index in [4.69, 9.17) is 9.47 Å². The molecule has 0 unspecified atom stereocenters. The molecular formula is C15H21BrN2O3. The summed E-state index contributed by atoms with van der Waals surface area (Å²) in [4.78, 5) is 16.0. The van der Waals surface area contributed by atoms with Crippen LogP contribution in [0.4, 0.5) is 10.5 Å². The Labute approximate surface area is 133 Å². The zero-order chi connectivity index (χ0) is 15.7. The summed E-state index contributed by atoms with van der Waals surface area (Å²) in [5, 5.41) is 2.71. The second kappa shape index (κ2) is 5.83. The zero-order valence-electron chi connectivity index (χ0n) is 12.8. The molecule has 0 aromatic carbocycles. The second-order valence-electron chi connectivity index (χ2n) is 6.73. The molecule has 1 N–H and O–H groups in total. The molecular weight excluding hydrogens is 336 g/mol. The van der Waals surface area contributed by atoms with E-state index in [9.17, 15) is 4.79 Å². The van der Waals surface area contributed by atoms with E-state index >= 15 is 0 Å². The highest BCUT2D eigenvalue weighted by Crippen LogP contribution is 2.45. The summed E-state index contributed by atoms with van der Waals surface area (Å²) in [6, 6.07) is 1.70. The molecule has 1 saturated carbocycles. The first-order valence-electron chi connectivity index (χ1n) is 6.95. The van der Waals surface area contributed by atoms with Gasteiger partial charge < -0.3 is 9.47 Å². The SMILES string of the molecule is CC1(COc2cnc(Br)cc2NC(=O)OC(C)(C)C)CC1. The lowest BCUT2D eigenvalue weighted by molar-refractivity contribution is 0.0635. The Morgan fingerprint density at radius 2 is 2.14 bits per heavy atom. The van der Waals surface area contributed by atoms with Crippen LogP contribution in [0.15, 0.2) is 16.9 Å². The van der Waals surface area contributed by atoms with Crippen molar-refractivity contribution in [3.8, 4) is 5.75 Å². The number of halogens is 1. The Kier molecular flexibility index (Phi) is 4.46. The number of amides is 1. The maximum atomic E-state index is 11.9. The van der Waals surface area contributed by atoms with Crippen LogP contribution in [0.1, 0.15) is 40.5 Å². The van der Waals surface area contributed by atoms with Gasteiger partial charge in [0.1, 0.15) is 10.2 Å². The molecule has 6 heteroatoms. The van der Waals surface area contributed by atoms with E-state index in [0.29, 0.717) is 22.6 Å². The first-order chi connectivity index (χ1) is 9.67. The Morgan fingerprint density at radius 3 is 2.71 bits per heavy atom. The summed E-state index contributed by atoms with van der Waals surface area (Å²) < 4.78 is 11.7. The molecule has 1 heterocycles. The Bertz CT molecular complexity index is 536. The van der Waals surface area contributed by atoms with E-state index in [0.717, 1.165) is 0 Å². The fourth-order valence-corrected chi connectivity index (χ4v) is 1.98. The number of rotatable bonds is 4. The molecule has 1 aliphatic rings. The van der Waals surface area contributed by atoms with Crippen molar-refractivity contribution in [2.75, 3.05) is 11.9 Å². The third-order valence-corrected chi connectivity index (χ3v) is 3.58. The quantitative estimate of drug-likeness (QED) is 0.813. The van der Waals surface area contributed by atoms with Crippen molar-refractivity contribution in [3.63, 3.8) is 0 Å². The van der Waals surface area contributed by atoms with Gasteiger partial charge in [-0.2, -0.15) is 0 Å². The van der Waals surface area contributed by atoms with Crippen LogP contribution < -0.4 is 10.1 Å². The second-order valence-corrected chi connectivity index (χ2v) is 7.54. The fourth-order valence-electron chi connectivity index (χ4n) is 1.65. The molecule has 116 valence electrons. The summed E-state index contributed by atoms with van der Waals surface area (Å²) in [6.07, 6.45) is 3.43. The van der Waals surface area contributed by atoms with Gasteiger partial charge in [-0.05, 0) is 55.6 Å². The van der Waals surface area contributed by atoms with Gasteiger partial charge in [-0.3, -0.25) is 5.32 Å². The zero-order valence-corrected chi connectivity index (χ0v) is 14.4. The Morgan fingerprint density at radius 1 is 1.48 bits per heavy atom. The third-order valence-electron chi connectivity index (χ3n) is 3.15. The average Bonchev–Trinajstić information content (AvgIpc) is 3.04. The van der Waals surface area contributed by atoms with Gasteiger partial charge in [0.2, 0.25) is 0 Å². The molecule has 1 amide bonds. The van der Waals surface area contributed by atoms with Crippen molar-refractivity contribution in [3.05, 3.63) is 16.9 Å². The molecule has 0 aliphatic heterocycles. The number of nitrogens with one attached hydrogen (secondary N) is 1. The van der Waals surface area contributed by atoms with Gasteiger partial charge >= 0.3 is 6.09 Å². The van der Waals surface area contributed by atoms with Gasteiger partial charge in [-0.15, -0.1) is 0 Å². The number of nitrogens with zero attached hydrogens (tertiary/aromatic N) is 1. The molecule has 1 aromatic heterocycles. The number of anilines is 1. The summed E-state index contributed by atoms with van der Waals surface area (Å²) in [6.45, 7) is 8.26. The molecule has 1 aromatic rings. The molecule has 21 heavy (non-hydrogen) atoms. The molecule has 1 aliphatic carbocycles. The van der Waals surface area contributed by atoms with Crippen LogP contribution in [0.2, 0.25) is 0 Å². The van der Waals surface area contributed by atoms with Crippen LogP contribution in [0.3, 0.4) is 0 Å². The van der Waals surface area contributed by atoms with Crippen LogP contribution in [0, 0.1) is 5.41 Å². The van der Waals surface area contributed by atoms with Crippen LogP contribution in [-0.4, -0.2) is 23.3 Å². The third kappa shape index (κ3) is 5.19. The van der Waals surface area contributed by atoms with Crippen LogP contribution in [-0.2, 0) is 4.74 Å². The van der Waals surface area contributed by atoms with E-state index in [1.165, 1.54) is 12.8 Å². The molecule has 5 nitrogen and oxygen atoms in total. The molecule has 0 radical (unpaired) electrons. The number of ether oxygens (including phenoxy) is 2. The number of carbonyl (C=O) groups is 1. The first-order valence-corrected chi connectivity index (χ1v) is 7.75. The number of aromatic nitrogens is 1. The largest absolute Gasteiger partial charge is 0.489 e. The van der Waals surface area contributed by atoms with E-state index in [-0.39, 0.29) is 5.41 Å². The first kappa shape index (κ1) is 16.1. The van der Waals surface area contributed by atoms with E-state index in [1.54, 1.807) is 12.3 Å². The number of pyridine rings is 1. The lowest BCUT2D eigenvalue weighted by Gasteiger charge is -2.20. The maximum absolute atomic E-state index is 11.9. The molecule has 0 saturated heterocycles. The summed E-state index contributed by atoms with van der Waals surface area (Å²) in [5.41, 5.74) is 0.267. The lowest BCUT2D eigenvalue weighted by atomic mass is 10.2. The minimum Gasteiger partial charge on any atom is -0.489 e. The Hall–Kier alpha value is -1.30. The highest BCUT2D eigenvalue weighted by molar-refractivity contribution is 9.10. The van der Waals surface area contributed by atoms with Crippen LogP contribution in [0.25, 0.3) is 0 Å². The molecule has 1 fully saturated rings. The van der Waals surface area contributed by atoms with Crippen molar-refractivity contribution in [1.82, 2.24) is 4.98 Å². The lowest BCUT2D eigenvalue weighted by Crippen LogP contribution is -2.27. The van der Waals surface area contributed by atoms with Crippen molar-refractivity contribution < 1.29 is 14.3 Å². The van der Waals surface area contributed by atoms with Crippen LogP contribution in [0.5, 0.6) is 5.75 Å². The van der Waals surface area contributed by atoms with Crippen molar-refractivity contribution in [1.29, 1.82) is 0 Å². The molecule has 0 spiro atoms. The van der Waals surface area contributed by atoms with E-state index in [2.05, 4.69) is 33.2 Å². The van der Waals surface area contributed by atoms with Gasteiger partial charge in [0.15, 0.2) is 5.75 Å². The average molecular weight is 357 g/mol. The van der Waals surface area contributed by atoms with E-state index < -0.39 is 11.7 Å². The molecule has 0 bridgehead atoms. The van der Waals surface area contributed by atoms with Crippen LogP contribution >= 0.6 is 15.9 Å². The number of hydrogen-bond donors (Lipinski definition) is 1. The minimum atomic E-state index is -0.545. The van der Waals surface area contributed by atoms with Crippen molar-refractivity contribution in [2.24, 2.45) is 5.41 Å². The smallest absolute Gasteiger partial charge is 0.412 e. The van der Waals surface area contributed by atoms with Gasteiger partial charge in [-0.25, -0.2) is 9.78 Å². The number of hydrogen-bond acceptors (Lipinski definition) is 4. The van der Waals surface area contributed by atoms with Crippen molar-refractivity contribution >= 4 is 27.7 Å². The molecule has 2 rings (SSSR count). The van der Waals surface area contributed by atoms with E-state index in [1.807, 2.05) is 20.8 Å². The molecule has 0 atom stereocenters. The normalized spacial score (nSPS) is 16.2. The van der Waals surface area contributed by atoms with Crippen molar-refractivity contribution in [2.45, 2.75) is 46.1 Å². The standard InChI is InChI=1S/C15H21BrN2O3/c1-14(2,3)21-13(19)18-10-7-12(16)17-8-11(10)20-9-15(4)5-6-15/h7-8H,5-6,9H2,1-4H3,(H,17,18,19). The van der Waals surface area contributed by atoms with Gasteiger partial charge in [0.25, 0.3) is 0 Å². The summed E-state index contributed by atoms with van der Waals surface area (Å²) >= 11 is 3.29. The highest BCUT2D eigenvalue weighted by Gasteiger charge is 2.38. The summed E-state index contributed by atoms with van der Waals surface area (Å²) in [7, 11) is 0. The topological polar surface area (TPSA) is 60.5 Å². The van der Waals surface area contributed by atoms with Gasteiger partial charge in [0.05, 0.1) is 18.5 Å². The predicted octanol–water partition coefficient (Wildman–Crippen LogP) is 4.37. The fraction of sp³-hybridized carbons (Fsp3) is 0.600. The minimum absolute atomic E-state index is 0.260. The van der Waals surface area contributed by atoms with Gasteiger partial charge in [0, 0.05) is 5.41 Å². The number of carbonyl (C=O) groups excluding carboxylic acids is 1. The monoisotopic (exact) mass is 356 g/mol. The van der Waals surface area contributed by atoms with Gasteiger partial charge in [-0.1, -0.05) is 6.92 Å². The Balaban J connectivity index is 2.05. The highest BCUT2D eigenvalue weighted by atomic mass is 79.9.